The number of hydrogen-bond acceptors (Lipinski definition) is 2. The van der Waals surface area contributed by atoms with E-state index in [4.69, 9.17) is 5.11 Å². The minimum Gasteiger partial charge on any atom is -0.480 e. The zero-order valence-electron chi connectivity index (χ0n) is 11.7. The fraction of sp³-hybridized carbons (Fsp3) is 0.533. The Hall–Kier alpha value is -1.35. The fourth-order valence-corrected chi connectivity index (χ4v) is 1.83. The molecule has 0 aliphatic rings. The largest absolute Gasteiger partial charge is 0.480 e. The Morgan fingerprint density at radius 3 is 2.28 bits per heavy atom. The van der Waals surface area contributed by atoms with Crippen molar-refractivity contribution >= 4 is 5.97 Å². The van der Waals surface area contributed by atoms with E-state index >= 15 is 0 Å². The Morgan fingerprint density at radius 1 is 1.28 bits per heavy atom. The normalized spacial score (nSPS) is 13.3. The van der Waals surface area contributed by atoms with Crippen LogP contribution in [0.3, 0.4) is 0 Å². The first kappa shape index (κ1) is 14.7. The summed E-state index contributed by atoms with van der Waals surface area (Å²) in [6.07, 6.45) is 0. The van der Waals surface area contributed by atoms with Crippen molar-refractivity contribution in [2.75, 3.05) is 13.1 Å². The molecule has 1 unspecified atom stereocenters. The first-order chi connectivity index (χ1) is 8.30. The predicted octanol–water partition coefficient (Wildman–Crippen LogP) is 2.76. The lowest BCUT2D eigenvalue weighted by molar-refractivity contribution is -0.135. The summed E-state index contributed by atoms with van der Waals surface area (Å²) in [5, 5.41) is 11.5. The highest BCUT2D eigenvalue weighted by molar-refractivity contribution is 5.68. The molecule has 0 bridgehead atoms. The van der Waals surface area contributed by atoms with E-state index in [-0.39, 0.29) is 12.0 Å². The van der Waals surface area contributed by atoms with Gasteiger partial charge < -0.3 is 10.4 Å². The van der Waals surface area contributed by atoms with Gasteiger partial charge in [-0.2, -0.15) is 0 Å². The molecular weight excluding hydrogens is 226 g/mol. The summed E-state index contributed by atoms with van der Waals surface area (Å²) in [6, 6.07) is 8.58. The third-order valence-corrected chi connectivity index (χ3v) is 3.07. The van der Waals surface area contributed by atoms with Crippen LogP contribution in [0.4, 0.5) is 0 Å². The molecule has 1 aromatic rings. The first-order valence-electron chi connectivity index (χ1n) is 6.33. The topological polar surface area (TPSA) is 49.3 Å². The zero-order chi connectivity index (χ0) is 13.8. The van der Waals surface area contributed by atoms with Crippen molar-refractivity contribution in [3.05, 3.63) is 35.4 Å². The number of hydrogen-bond donors (Lipinski definition) is 2. The van der Waals surface area contributed by atoms with Gasteiger partial charge >= 0.3 is 5.97 Å². The number of carboxylic acid groups (broad SMARTS) is 1. The van der Waals surface area contributed by atoms with Crippen LogP contribution in [0.15, 0.2) is 24.3 Å². The summed E-state index contributed by atoms with van der Waals surface area (Å²) in [6.45, 7) is 9.38. The van der Waals surface area contributed by atoms with Gasteiger partial charge in [-0.1, -0.05) is 52.0 Å². The van der Waals surface area contributed by atoms with Crippen LogP contribution in [0.2, 0.25) is 0 Å². The summed E-state index contributed by atoms with van der Waals surface area (Å²) >= 11 is 0. The zero-order valence-corrected chi connectivity index (χ0v) is 11.7. The molecule has 1 rings (SSSR count). The molecule has 2 N–H and O–H groups in total. The number of nitrogens with one attached hydrogen (secondary N) is 1. The molecule has 3 heteroatoms. The van der Waals surface area contributed by atoms with Crippen molar-refractivity contribution in [1.29, 1.82) is 0 Å². The summed E-state index contributed by atoms with van der Waals surface area (Å²) < 4.78 is 0. The van der Waals surface area contributed by atoms with Crippen LogP contribution in [0, 0.1) is 0 Å². The van der Waals surface area contributed by atoms with Crippen LogP contribution in [0.1, 0.15) is 44.7 Å². The SMILES string of the molecule is CC(CNCC(=O)O)c1ccc(C(C)(C)C)cc1. The van der Waals surface area contributed by atoms with Crippen molar-refractivity contribution in [2.45, 2.75) is 39.0 Å². The van der Waals surface area contributed by atoms with Gasteiger partial charge in [0.25, 0.3) is 0 Å². The van der Waals surface area contributed by atoms with Crippen LogP contribution in [0.25, 0.3) is 0 Å². The van der Waals surface area contributed by atoms with Gasteiger partial charge in [0.2, 0.25) is 0 Å². The van der Waals surface area contributed by atoms with Crippen LogP contribution < -0.4 is 5.32 Å². The van der Waals surface area contributed by atoms with E-state index in [1.165, 1.54) is 11.1 Å². The fourth-order valence-electron chi connectivity index (χ4n) is 1.83. The molecule has 0 aromatic heterocycles. The van der Waals surface area contributed by atoms with E-state index in [0.717, 1.165) is 0 Å². The van der Waals surface area contributed by atoms with E-state index in [1.807, 2.05) is 0 Å². The average molecular weight is 249 g/mol. The molecule has 1 atom stereocenters. The maximum atomic E-state index is 10.4. The summed E-state index contributed by atoms with van der Waals surface area (Å²) in [5.74, 6) is -0.497. The van der Waals surface area contributed by atoms with Gasteiger partial charge in [-0.05, 0) is 22.5 Å². The Bertz CT molecular complexity index is 390. The van der Waals surface area contributed by atoms with Gasteiger partial charge in [-0.3, -0.25) is 4.79 Å². The number of aliphatic carboxylic acids is 1. The highest BCUT2D eigenvalue weighted by atomic mass is 16.4. The Morgan fingerprint density at radius 2 is 1.83 bits per heavy atom. The molecule has 18 heavy (non-hydrogen) atoms. The molecule has 0 saturated carbocycles. The number of benzene rings is 1. The van der Waals surface area contributed by atoms with E-state index in [1.54, 1.807) is 0 Å². The molecule has 0 heterocycles. The molecule has 0 fully saturated rings. The molecule has 3 nitrogen and oxygen atoms in total. The van der Waals surface area contributed by atoms with Gasteiger partial charge in [0.05, 0.1) is 6.54 Å². The van der Waals surface area contributed by atoms with Crippen LogP contribution in [-0.2, 0) is 10.2 Å². The third-order valence-electron chi connectivity index (χ3n) is 3.07. The van der Waals surface area contributed by atoms with Gasteiger partial charge in [0, 0.05) is 6.54 Å². The Kier molecular flexibility index (Phi) is 4.91. The van der Waals surface area contributed by atoms with E-state index in [2.05, 4.69) is 57.3 Å². The molecule has 0 radical (unpaired) electrons. The average Bonchev–Trinajstić information content (AvgIpc) is 2.27. The molecule has 100 valence electrons. The van der Waals surface area contributed by atoms with Gasteiger partial charge in [0.15, 0.2) is 0 Å². The molecule has 0 saturated heterocycles. The van der Waals surface area contributed by atoms with Crippen molar-refractivity contribution < 1.29 is 9.90 Å². The van der Waals surface area contributed by atoms with E-state index < -0.39 is 5.97 Å². The van der Waals surface area contributed by atoms with Crippen molar-refractivity contribution in [3.63, 3.8) is 0 Å². The minimum atomic E-state index is -0.815. The lowest BCUT2D eigenvalue weighted by Crippen LogP contribution is -2.26. The Labute approximate surface area is 109 Å². The second kappa shape index (κ2) is 6.01. The van der Waals surface area contributed by atoms with Gasteiger partial charge in [-0.15, -0.1) is 0 Å². The Balaban J connectivity index is 2.59. The molecule has 1 aromatic carbocycles. The second-order valence-corrected chi connectivity index (χ2v) is 5.80. The maximum absolute atomic E-state index is 10.4. The smallest absolute Gasteiger partial charge is 0.317 e. The van der Waals surface area contributed by atoms with Crippen LogP contribution in [0.5, 0.6) is 0 Å². The third kappa shape index (κ3) is 4.49. The number of carboxylic acids is 1. The predicted molar refractivity (Wildman–Crippen MR) is 74.1 cm³/mol. The van der Waals surface area contributed by atoms with Crippen molar-refractivity contribution in [1.82, 2.24) is 5.32 Å². The van der Waals surface area contributed by atoms with Crippen LogP contribution >= 0.6 is 0 Å². The first-order valence-corrected chi connectivity index (χ1v) is 6.33. The van der Waals surface area contributed by atoms with Crippen molar-refractivity contribution in [3.8, 4) is 0 Å². The van der Waals surface area contributed by atoms with Gasteiger partial charge in [0.1, 0.15) is 0 Å². The molecule has 0 aliphatic carbocycles. The standard InChI is InChI=1S/C15H23NO2/c1-11(9-16-10-14(17)18)12-5-7-13(8-6-12)15(2,3)4/h5-8,11,16H,9-10H2,1-4H3,(H,17,18). The molecule has 0 aliphatic heterocycles. The minimum absolute atomic E-state index is 0.0183. The lowest BCUT2D eigenvalue weighted by Gasteiger charge is -2.20. The van der Waals surface area contributed by atoms with E-state index in [9.17, 15) is 4.79 Å². The highest BCUT2D eigenvalue weighted by Gasteiger charge is 2.14. The van der Waals surface area contributed by atoms with E-state index in [0.29, 0.717) is 12.5 Å². The summed E-state index contributed by atoms with van der Waals surface area (Å²) in [5.41, 5.74) is 2.72. The van der Waals surface area contributed by atoms with Crippen molar-refractivity contribution in [2.24, 2.45) is 0 Å². The number of rotatable bonds is 5. The quantitative estimate of drug-likeness (QED) is 0.843. The summed E-state index contributed by atoms with van der Waals surface area (Å²) in [4.78, 5) is 10.4. The lowest BCUT2D eigenvalue weighted by atomic mass is 9.86. The second-order valence-electron chi connectivity index (χ2n) is 5.80. The van der Waals surface area contributed by atoms with Crippen LogP contribution in [-0.4, -0.2) is 24.2 Å². The highest BCUT2D eigenvalue weighted by Crippen LogP contribution is 2.24. The van der Waals surface area contributed by atoms with Gasteiger partial charge in [-0.25, -0.2) is 0 Å². The molecule has 0 spiro atoms. The number of carbonyl (C=O) groups is 1. The maximum Gasteiger partial charge on any atom is 0.317 e. The molecule has 0 amide bonds. The summed E-state index contributed by atoms with van der Waals surface area (Å²) in [7, 11) is 0. The monoisotopic (exact) mass is 249 g/mol. The molecular formula is C15H23NO2.